The molecule has 0 bridgehead atoms. The minimum atomic E-state index is -0.435. The SMILES string of the molecule is CC1(c2ccccc2)CCCN(C(=O)[C@@H](N)C(C)(C)C)C1. The first-order valence-corrected chi connectivity index (χ1v) is 7.84. The van der Waals surface area contributed by atoms with Crippen LogP contribution in [0.25, 0.3) is 0 Å². The highest BCUT2D eigenvalue weighted by Gasteiger charge is 2.38. The highest BCUT2D eigenvalue weighted by molar-refractivity contribution is 5.82. The van der Waals surface area contributed by atoms with Crippen LogP contribution in [-0.2, 0) is 10.2 Å². The fraction of sp³-hybridized carbons (Fsp3) is 0.611. The second-order valence-electron chi connectivity index (χ2n) is 7.63. The molecule has 1 heterocycles. The van der Waals surface area contributed by atoms with E-state index in [-0.39, 0.29) is 16.7 Å². The molecule has 0 aromatic heterocycles. The molecule has 0 aliphatic carbocycles. The van der Waals surface area contributed by atoms with Crippen LogP contribution in [0.4, 0.5) is 0 Å². The lowest BCUT2D eigenvalue weighted by Gasteiger charge is -2.43. The first-order chi connectivity index (χ1) is 9.74. The van der Waals surface area contributed by atoms with E-state index in [1.807, 2.05) is 31.7 Å². The van der Waals surface area contributed by atoms with Crippen LogP contribution in [0.2, 0.25) is 0 Å². The van der Waals surface area contributed by atoms with Crippen molar-refractivity contribution in [3.63, 3.8) is 0 Å². The van der Waals surface area contributed by atoms with Crippen molar-refractivity contribution in [1.82, 2.24) is 4.90 Å². The zero-order valence-corrected chi connectivity index (χ0v) is 13.7. The van der Waals surface area contributed by atoms with Gasteiger partial charge in [-0.05, 0) is 23.8 Å². The summed E-state index contributed by atoms with van der Waals surface area (Å²) in [6, 6.07) is 10.1. The maximum atomic E-state index is 12.7. The quantitative estimate of drug-likeness (QED) is 0.909. The molecule has 1 saturated heterocycles. The molecule has 1 aromatic carbocycles. The minimum Gasteiger partial charge on any atom is -0.340 e. The number of hydrogen-bond donors (Lipinski definition) is 1. The fourth-order valence-electron chi connectivity index (χ4n) is 3.07. The molecule has 21 heavy (non-hydrogen) atoms. The van der Waals surface area contributed by atoms with Crippen LogP contribution in [0, 0.1) is 5.41 Å². The molecule has 3 nitrogen and oxygen atoms in total. The van der Waals surface area contributed by atoms with Gasteiger partial charge in [0, 0.05) is 18.5 Å². The zero-order chi connectivity index (χ0) is 15.7. The van der Waals surface area contributed by atoms with Gasteiger partial charge in [-0.1, -0.05) is 58.0 Å². The lowest BCUT2D eigenvalue weighted by atomic mass is 9.75. The monoisotopic (exact) mass is 288 g/mol. The van der Waals surface area contributed by atoms with Crippen molar-refractivity contribution in [2.75, 3.05) is 13.1 Å². The second kappa shape index (κ2) is 5.80. The predicted molar refractivity (Wildman–Crippen MR) is 87.0 cm³/mol. The third-order valence-electron chi connectivity index (χ3n) is 4.68. The molecular weight excluding hydrogens is 260 g/mol. The summed E-state index contributed by atoms with van der Waals surface area (Å²) in [5.74, 6) is 0.0874. The highest BCUT2D eigenvalue weighted by Crippen LogP contribution is 2.34. The lowest BCUT2D eigenvalue weighted by molar-refractivity contribution is -0.137. The Kier molecular flexibility index (Phi) is 4.43. The molecular formula is C18H28N2O. The number of rotatable bonds is 2. The molecule has 116 valence electrons. The number of hydrogen-bond acceptors (Lipinski definition) is 2. The van der Waals surface area contributed by atoms with Crippen molar-refractivity contribution in [3.05, 3.63) is 35.9 Å². The molecule has 1 amide bonds. The molecule has 0 spiro atoms. The van der Waals surface area contributed by atoms with E-state index < -0.39 is 6.04 Å². The first-order valence-electron chi connectivity index (χ1n) is 7.84. The van der Waals surface area contributed by atoms with Crippen LogP contribution >= 0.6 is 0 Å². The van der Waals surface area contributed by atoms with Gasteiger partial charge in [0.1, 0.15) is 0 Å². The standard InChI is InChI=1S/C18H28N2O/c1-17(2,3)15(19)16(21)20-12-8-11-18(4,13-20)14-9-6-5-7-10-14/h5-7,9-10,15H,8,11-13,19H2,1-4H3/t15-,18?/m1/s1. The van der Waals surface area contributed by atoms with Crippen LogP contribution in [0.1, 0.15) is 46.1 Å². The van der Waals surface area contributed by atoms with E-state index in [1.54, 1.807) is 0 Å². The summed E-state index contributed by atoms with van der Waals surface area (Å²) in [7, 11) is 0. The van der Waals surface area contributed by atoms with Crippen LogP contribution in [0.15, 0.2) is 30.3 Å². The number of carbonyl (C=O) groups excluding carboxylic acids is 1. The third kappa shape index (κ3) is 3.46. The van der Waals surface area contributed by atoms with Gasteiger partial charge in [-0.2, -0.15) is 0 Å². The number of nitrogens with two attached hydrogens (primary N) is 1. The summed E-state index contributed by atoms with van der Waals surface area (Å²) in [4.78, 5) is 14.6. The molecule has 2 atom stereocenters. The smallest absolute Gasteiger partial charge is 0.240 e. The van der Waals surface area contributed by atoms with Gasteiger partial charge in [-0.15, -0.1) is 0 Å². The van der Waals surface area contributed by atoms with Crippen molar-refractivity contribution >= 4 is 5.91 Å². The van der Waals surface area contributed by atoms with Gasteiger partial charge in [0.05, 0.1) is 6.04 Å². The maximum absolute atomic E-state index is 12.7. The van der Waals surface area contributed by atoms with Gasteiger partial charge in [0.25, 0.3) is 0 Å². The Morgan fingerprint density at radius 3 is 2.48 bits per heavy atom. The van der Waals surface area contributed by atoms with Crippen LogP contribution < -0.4 is 5.73 Å². The van der Waals surface area contributed by atoms with Crippen molar-refractivity contribution in [1.29, 1.82) is 0 Å². The summed E-state index contributed by atoms with van der Waals surface area (Å²) >= 11 is 0. The third-order valence-corrected chi connectivity index (χ3v) is 4.68. The van der Waals surface area contributed by atoms with Crippen LogP contribution in [-0.4, -0.2) is 29.9 Å². The Morgan fingerprint density at radius 2 is 1.90 bits per heavy atom. The lowest BCUT2D eigenvalue weighted by Crippen LogP contribution is -2.55. The fourth-order valence-corrected chi connectivity index (χ4v) is 3.07. The molecule has 1 aliphatic rings. The highest BCUT2D eigenvalue weighted by atomic mass is 16.2. The van der Waals surface area contributed by atoms with Gasteiger partial charge in [-0.3, -0.25) is 4.79 Å². The number of carbonyl (C=O) groups is 1. The number of piperidine rings is 1. The van der Waals surface area contributed by atoms with Crippen molar-refractivity contribution in [2.45, 2.75) is 52.0 Å². The van der Waals surface area contributed by atoms with Crippen LogP contribution in [0.5, 0.6) is 0 Å². The topological polar surface area (TPSA) is 46.3 Å². The van der Waals surface area contributed by atoms with E-state index in [0.717, 1.165) is 25.9 Å². The summed E-state index contributed by atoms with van der Waals surface area (Å²) in [6.07, 6.45) is 2.15. The number of benzene rings is 1. The van der Waals surface area contributed by atoms with Gasteiger partial charge < -0.3 is 10.6 Å². The number of likely N-dealkylation sites (tertiary alicyclic amines) is 1. The molecule has 0 radical (unpaired) electrons. The first kappa shape index (κ1) is 16.0. The van der Waals surface area contributed by atoms with Gasteiger partial charge >= 0.3 is 0 Å². The predicted octanol–water partition coefficient (Wildman–Crippen LogP) is 2.94. The van der Waals surface area contributed by atoms with Crippen LogP contribution in [0.3, 0.4) is 0 Å². The Bertz CT molecular complexity index is 492. The molecule has 2 rings (SSSR count). The Morgan fingerprint density at radius 1 is 1.29 bits per heavy atom. The Hall–Kier alpha value is -1.35. The number of amides is 1. The van der Waals surface area contributed by atoms with E-state index in [0.29, 0.717) is 0 Å². The average Bonchev–Trinajstić information content (AvgIpc) is 2.46. The molecule has 2 N–H and O–H groups in total. The van der Waals surface area contributed by atoms with E-state index in [9.17, 15) is 4.79 Å². The average molecular weight is 288 g/mol. The van der Waals surface area contributed by atoms with E-state index in [4.69, 9.17) is 5.73 Å². The van der Waals surface area contributed by atoms with Gasteiger partial charge in [0.2, 0.25) is 5.91 Å². The van der Waals surface area contributed by atoms with E-state index in [1.165, 1.54) is 5.56 Å². The zero-order valence-electron chi connectivity index (χ0n) is 13.7. The summed E-state index contributed by atoms with van der Waals surface area (Å²) < 4.78 is 0. The van der Waals surface area contributed by atoms with E-state index >= 15 is 0 Å². The summed E-state index contributed by atoms with van der Waals surface area (Å²) in [5.41, 5.74) is 7.31. The second-order valence-corrected chi connectivity index (χ2v) is 7.63. The van der Waals surface area contributed by atoms with E-state index in [2.05, 4.69) is 31.2 Å². The molecule has 1 aromatic rings. The van der Waals surface area contributed by atoms with Gasteiger partial charge in [-0.25, -0.2) is 0 Å². The molecule has 1 aliphatic heterocycles. The normalized spacial score (nSPS) is 24.7. The largest absolute Gasteiger partial charge is 0.340 e. The molecule has 1 fully saturated rings. The minimum absolute atomic E-state index is 0.0345. The van der Waals surface area contributed by atoms with Crippen molar-refractivity contribution < 1.29 is 4.79 Å². The summed E-state index contributed by atoms with van der Waals surface area (Å²) in [6.45, 7) is 9.91. The summed E-state index contributed by atoms with van der Waals surface area (Å²) in [5, 5.41) is 0. The molecule has 3 heteroatoms. The maximum Gasteiger partial charge on any atom is 0.240 e. The van der Waals surface area contributed by atoms with Crippen molar-refractivity contribution in [2.24, 2.45) is 11.1 Å². The van der Waals surface area contributed by atoms with Gasteiger partial charge in [0.15, 0.2) is 0 Å². The molecule has 0 saturated carbocycles. The molecule has 1 unspecified atom stereocenters. The number of nitrogens with zero attached hydrogens (tertiary/aromatic N) is 1. The Balaban J connectivity index is 2.16. The Labute approximate surface area is 128 Å². The van der Waals surface area contributed by atoms with Crippen molar-refractivity contribution in [3.8, 4) is 0 Å².